The molecule has 37 heavy (non-hydrogen) atoms. The predicted octanol–water partition coefficient (Wildman–Crippen LogP) is 2.70. The molecule has 2 aromatic carbocycles. The SMILES string of the molecule is COc1ccc(NC(=O)C(c2cc(C)cc(C)c2)N(CCO)C(=O)C(CO)NC(=O)OC(C)(C)C)cc1. The topological polar surface area (TPSA) is 137 Å². The van der Waals surface area contributed by atoms with Crippen LogP contribution in [-0.2, 0) is 14.3 Å². The van der Waals surface area contributed by atoms with E-state index in [0.717, 1.165) is 16.0 Å². The van der Waals surface area contributed by atoms with Crippen LogP contribution < -0.4 is 15.4 Å². The van der Waals surface area contributed by atoms with Gasteiger partial charge in [-0.15, -0.1) is 0 Å². The summed E-state index contributed by atoms with van der Waals surface area (Å²) in [6.07, 6.45) is -0.894. The predicted molar refractivity (Wildman–Crippen MR) is 139 cm³/mol. The van der Waals surface area contributed by atoms with Gasteiger partial charge >= 0.3 is 6.09 Å². The van der Waals surface area contributed by atoms with Crippen LogP contribution in [0.4, 0.5) is 10.5 Å². The number of nitrogens with zero attached hydrogens (tertiary/aromatic N) is 1. The fraction of sp³-hybridized carbons (Fsp3) is 0.444. The van der Waals surface area contributed by atoms with Crippen molar-refractivity contribution in [1.82, 2.24) is 10.2 Å². The Kier molecular flexibility index (Phi) is 10.5. The van der Waals surface area contributed by atoms with Gasteiger partial charge in [0.15, 0.2) is 0 Å². The highest BCUT2D eigenvalue weighted by molar-refractivity contribution is 5.99. The van der Waals surface area contributed by atoms with E-state index in [4.69, 9.17) is 9.47 Å². The zero-order valence-electron chi connectivity index (χ0n) is 22.2. The molecule has 2 atom stereocenters. The number of amides is 3. The smallest absolute Gasteiger partial charge is 0.408 e. The third-order valence-corrected chi connectivity index (χ3v) is 5.27. The summed E-state index contributed by atoms with van der Waals surface area (Å²) in [6.45, 7) is 7.33. The number of ether oxygens (including phenoxy) is 2. The first-order valence-corrected chi connectivity index (χ1v) is 11.9. The van der Waals surface area contributed by atoms with Gasteiger partial charge in [0.1, 0.15) is 23.4 Å². The number of hydrogen-bond donors (Lipinski definition) is 4. The number of aliphatic hydroxyl groups excluding tert-OH is 2. The molecule has 4 N–H and O–H groups in total. The molecule has 0 aliphatic heterocycles. The Morgan fingerprint density at radius 2 is 1.59 bits per heavy atom. The van der Waals surface area contributed by atoms with Crippen LogP contribution in [0.1, 0.15) is 43.5 Å². The van der Waals surface area contributed by atoms with Crippen LogP contribution in [-0.4, -0.2) is 71.5 Å². The summed E-state index contributed by atoms with van der Waals surface area (Å²) in [5, 5.41) is 24.9. The summed E-state index contributed by atoms with van der Waals surface area (Å²) in [7, 11) is 1.53. The van der Waals surface area contributed by atoms with Gasteiger partial charge in [0.2, 0.25) is 5.91 Å². The molecule has 2 aromatic rings. The Hall–Kier alpha value is -3.63. The van der Waals surface area contributed by atoms with Gasteiger partial charge in [0, 0.05) is 12.2 Å². The fourth-order valence-electron chi connectivity index (χ4n) is 3.84. The Morgan fingerprint density at radius 1 is 1.00 bits per heavy atom. The minimum Gasteiger partial charge on any atom is -0.497 e. The summed E-state index contributed by atoms with van der Waals surface area (Å²) in [4.78, 5) is 40.7. The van der Waals surface area contributed by atoms with Gasteiger partial charge in [-0.1, -0.05) is 29.3 Å². The molecule has 10 heteroatoms. The van der Waals surface area contributed by atoms with Crippen molar-refractivity contribution in [2.75, 3.05) is 32.2 Å². The van der Waals surface area contributed by atoms with Gasteiger partial charge in [0.25, 0.3) is 5.91 Å². The molecule has 0 spiro atoms. The third-order valence-electron chi connectivity index (χ3n) is 5.27. The minimum absolute atomic E-state index is 0.223. The maximum absolute atomic E-state index is 13.6. The van der Waals surface area contributed by atoms with E-state index < -0.39 is 48.8 Å². The number of aryl methyl sites for hydroxylation is 2. The molecule has 2 rings (SSSR count). The van der Waals surface area contributed by atoms with Gasteiger partial charge in [-0.2, -0.15) is 0 Å². The number of alkyl carbamates (subject to hydrolysis) is 1. The average Bonchev–Trinajstić information content (AvgIpc) is 2.80. The first-order valence-electron chi connectivity index (χ1n) is 11.9. The van der Waals surface area contributed by atoms with E-state index in [1.165, 1.54) is 7.11 Å². The normalized spacial score (nSPS) is 12.8. The van der Waals surface area contributed by atoms with Crippen molar-refractivity contribution in [3.8, 4) is 5.75 Å². The van der Waals surface area contributed by atoms with Crippen LogP contribution in [0.5, 0.6) is 5.75 Å². The number of benzene rings is 2. The zero-order chi connectivity index (χ0) is 27.8. The van der Waals surface area contributed by atoms with Gasteiger partial charge in [-0.05, 0) is 64.4 Å². The van der Waals surface area contributed by atoms with Gasteiger partial charge in [0.05, 0.1) is 20.3 Å². The van der Waals surface area contributed by atoms with E-state index in [0.29, 0.717) is 17.0 Å². The lowest BCUT2D eigenvalue weighted by Gasteiger charge is -2.34. The monoisotopic (exact) mass is 515 g/mol. The molecule has 0 saturated carbocycles. The molecule has 202 valence electrons. The molecule has 0 aliphatic carbocycles. The Labute approximate surface area is 217 Å². The number of rotatable bonds is 10. The van der Waals surface area contributed by atoms with Crippen LogP contribution in [0, 0.1) is 13.8 Å². The Bertz CT molecular complexity index is 1060. The quantitative estimate of drug-likeness (QED) is 0.382. The molecule has 3 amide bonds. The number of methoxy groups -OCH3 is 1. The van der Waals surface area contributed by atoms with Crippen LogP contribution >= 0.6 is 0 Å². The summed E-state index contributed by atoms with van der Waals surface area (Å²) in [6, 6.07) is 9.60. The Morgan fingerprint density at radius 3 is 2.08 bits per heavy atom. The zero-order valence-corrected chi connectivity index (χ0v) is 22.2. The van der Waals surface area contributed by atoms with Crippen molar-refractivity contribution >= 4 is 23.6 Å². The lowest BCUT2D eigenvalue weighted by atomic mass is 9.98. The van der Waals surface area contributed by atoms with Crippen molar-refractivity contribution in [2.45, 2.75) is 52.3 Å². The minimum atomic E-state index is -1.40. The highest BCUT2D eigenvalue weighted by atomic mass is 16.6. The molecular weight excluding hydrogens is 478 g/mol. The van der Waals surface area contributed by atoms with E-state index in [2.05, 4.69) is 10.6 Å². The first kappa shape index (κ1) is 29.6. The average molecular weight is 516 g/mol. The van der Waals surface area contributed by atoms with Crippen LogP contribution in [0.25, 0.3) is 0 Å². The second kappa shape index (κ2) is 13.1. The summed E-state index contributed by atoms with van der Waals surface area (Å²) in [5.74, 6) is -0.678. The van der Waals surface area contributed by atoms with Crippen molar-refractivity contribution in [3.63, 3.8) is 0 Å². The van der Waals surface area contributed by atoms with Gasteiger partial charge in [-0.3, -0.25) is 9.59 Å². The number of hydrogen-bond acceptors (Lipinski definition) is 7. The summed E-state index contributed by atoms with van der Waals surface area (Å²) in [5.41, 5.74) is 1.91. The fourth-order valence-corrected chi connectivity index (χ4v) is 3.84. The molecule has 0 heterocycles. The maximum Gasteiger partial charge on any atom is 0.408 e. The van der Waals surface area contributed by atoms with E-state index in [1.54, 1.807) is 57.2 Å². The van der Waals surface area contributed by atoms with Crippen LogP contribution in [0.3, 0.4) is 0 Å². The molecule has 0 saturated heterocycles. The lowest BCUT2D eigenvalue weighted by molar-refractivity contribution is -0.142. The van der Waals surface area contributed by atoms with Gasteiger partial charge in [-0.25, -0.2) is 4.79 Å². The Balaban J connectivity index is 2.47. The molecule has 2 unspecified atom stereocenters. The number of aliphatic hydroxyl groups is 2. The van der Waals surface area contributed by atoms with E-state index in [9.17, 15) is 24.6 Å². The summed E-state index contributed by atoms with van der Waals surface area (Å²) >= 11 is 0. The van der Waals surface area contributed by atoms with E-state index >= 15 is 0 Å². The van der Waals surface area contributed by atoms with Crippen molar-refractivity contribution in [3.05, 3.63) is 59.2 Å². The number of carbonyl (C=O) groups is 3. The van der Waals surface area contributed by atoms with E-state index in [1.807, 2.05) is 19.9 Å². The summed E-state index contributed by atoms with van der Waals surface area (Å²) < 4.78 is 10.4. The van der Waals surface area contributed by atoms with E-state index in [-0.39, 0.29) is 6.54 Å². The highest BCUT2D eigenvalue weighted by Crippen LogP contribution is 2.27. The molecule has 10 nitrogen and oxygen atoms in total. The van der Waals surface area contributed by atoms with Crippen LogP contribution in [0.2, 0.25) is 0 Å². The highest BCUT2D eigenvalue weighted by Gasteiger charge is 2.36. The second-order valence-electron chi connectivity index (χ2n) is 9.68. The van der Waals surface area contributed by atoms with Crippen molar-refractivity contribution < 1.29 is 34.1 Å². The standard InChI is InChI=1S/C27H37N3O7/c1-17-13-18(2)15-19(14-17)23(24(33)28-20-7-9-21(36-6)10-8-20)30(11-12-31)25(34)22(16-32)29-26(35)37-27(3,4)5/h7-10,13-15,22-23,31-32H,11-12,16H2,1-6H3,(H,28,33)(H,29,35). The first-order chi connectivity index (χ1) is 17.4. The van der Waals surface area contributed by atoms with Crippen LogP contribution in [0.15, 0.2) is 42.5 Å². The number of carbonyl (C=O) groups excluding carboxylic acids is 3. The lowest BCUT2D eigenvalue weighted by Crippen LogP contribution is -2.54. The number of nitrogens with one attached hydrogen (secondary N) is 2. The largest absolute Gasteiger partial charge is 0.497 e. The molecule has 0 fully saturated rings. The molecule has 0 aliphatic rings. The third kappa shape index (κ3) is 8.76. The second-order valence-corrected chi connectivity index (χ2v) is 9.68. The van der Waals surface area contributed by atoms with Gasteiger partial charge < -0.3 is 35.2 Å². The van der Waals surface area contributed by atoms with Crippen molar-refractivity contribution in [2.24, 2.45) is 0 Å². The number of anilines is 1. The molecule has 0 radical (unpaired) electrons. The molecular formula is C27H37N3O7. The molecule has 0 aromatic heterocycles. The molecule has 0 bridgehead atoms. The van der Waals surface area contributed by atoms with Crippen molar-refractivity contribution in [1.29, 1.82) is 0 Å². The maximum atomic E-state index is 13.6.